The molecule has 8 heteroatoms. The van der Waals surface area contributed by atoms with Crippen molar-refractivity contribution in [2.45, 2.75) is 16.9 Å². The molecule has 2 aliphatic heterocycles. The number of thioether (sulfide) groups is 1. The van der Waals surface area contributed by atoms with Crippen LogP contribution in [0, 0.1) is 6.08 Å². The molecule has 1 fully saturated rings. The zero-order chi connectivity index (χ0) is 22.8. The van der Waals surface area contributed by atoms with Crippen LogP contribution in [-0.4, -0.2) is 32.2 Å². The molecule has 1 unspecified atom stereocenters. The van der Waals surface area contributed by atoms with Gasteiger partial charge < -0.3 is 15.0 Å². The number of rotatable bonds is 5. The number of halogens is 2. The molecule has 3 heterocycles. The number of anilines is 1. The number of nitrogens with zero attached hydrogens (tertiary/aromatic N) is 1. The number of thiophene rings is 1. The summed E-state index contributed by atoms with van der Waals surface area (Å²) >= 11 is 15.3. The monoisotopic (exact) mass is 515 g/mol. The predicted octanol–water partition coefficient (Wildman–Crippen LogP) is 6.13. The van der Waals surface area contributed by atoms with E-state index in [-0.39, 0.29) is 5.91 Å². The quantitative estimate of drug-likeness (QED) is 0.443. The average Bonchev–Trinajstić information content (AvgIpc) is 3.38. The number of benzene rings is 2. The second-order valence-electron chi connectivity index (χ2n) is 7.88. The second kappa shape index (κ2) is 9.72. The Hall–Kier alpha value is -1.96. The van der Waals surface area contributed by atoms with E-state index < -0.39 is 5.54 Å². The van der Waals surface area contributed by atoms with E-state index in [0.29, 0.717) is 21.4 Å². The van der Waals surface area contributed by atoms with Gasteiger partial charge in [0.2, 0.25) is 0 Å². The van der Waals surface area contributed by atoms with Gasteiger partial charge in [0.25, 0.3) is 5.91 Å². The third kappa shape index (κ3) is 4.68. The number of amides is 1. The lowest BCUT2D eigenvalue weighted by molar-refractivity contribution is -0.118. The third-order valence-corrected chi connectivity index (χ3v) is 8.36. The second-order valence-corrected chi connectivity index (χ2v) is 10.6. The van der Waals surface area contributed by atoms with Crippen LogP contribution >= 0.6 is 46.3 Å². The molecule has 0 bridgehead atoms. The first-order valence-corrected chi connectivity index (χ1v) is 13.1. The van der Waals surface area contributed by atoms with Crippen molar-refractivity contribution >= 4 is 57.9 Å². The SMILES string of the molecule is O=C1NC(c2ccc(N3CCOCC3)cc2)(c2ccsc2)C[C]=C1Sc1ccc(Cl)cc1Cl. The molecule has 0 spiro atoms. The molecule has 1 aromatic heterocycles. The molecular weight excluding hydrogens is 495 g/mol. The minimum absolute atomic E-state index is 0.166. The fourth-order valence-electron chi connectivity index (χ4n) is 4.14. The van der Waals surface area contributed by atoms with E-state index in [1.54, 1.807) is 23.5 Å². The van der Waals surface area contributed by atoms with E-state index in [4.69, 9.17) is 27.9 Å². The number of ether oxygens (including phenoxy) is 1. The van der Waals surface area contributed by atoms with Crippen molar-refractivity contribution in [2.75, 3.05) is 31.2 Å². The summed E-state index contributed by atoms with van der Waals surface area (Å²) in [6.07, 6.45) is 3.90. The zero-order valence-corrected chi connectivity index (χ0v) is 20.8. The molecule has 33 heavy (non-hydrogen) atoms. The largest absolute Gasteiger partial charge is 0.378 e. The van der Waals surface area contributed by atoms with E-state index in [9.17, 15) is 4.79 Å². The van der Waals surface area contributed by atoms with Gasteiger partial charge in [-0.3, -0.25) is 4.79 Å². The first kappa shape index (κ1) is 22.8. The summed E-state index contributed by atoms with van der Waals surface area (Å²) in [7, 11) is 0. The van der Waals surface area contributed by atoms with E-state index in [1.807, 2.05) is 11.4 Å². The van der Waals surface area contributed by atoms with Crippen LogP contribution in [0.15, 0.2) is 69.1 Å². The third-order valence-electron chi connectivity index (χ3n) is 5.90. The highest BCUT2D eigenvalue weighted by molar-refractivity contribution is 8.04. The van der Waals surface area contributed by atoms with Crippen LogP contribution in [0.4, 0.5) is 5.69 Å². The minimum atomic E-state index is -0.658. The average molecular weight is 516 g/mol. The van der Waals surface area contributed by atoms with Gasteiger partial charge >= 0.3 is 0 Å². The van der Waals surface area contributed by atoms with Gasteiger partial charge in [-0.25, -0.2) is 0 Å². The van der Waals surface area contributed by atoms with Crippen LogP contribution in [0.5, 0.6) is 0 Å². The molecule has 1 radical (unpaired) electrons. The minimum Gasteiger partial charge on any atom is -0.378 e. The van der Waals surface area contributed by atoms with Crippen LogP contribution in [-0.2, 0) is 15.1 Å². The van der Waals surface area contributed by atoms with Gasteiger partial charge in [0.05, 0.1) is 28.7 Å². The Kier molecular flexibility index (Phi) is 6.72. The first-order chi connectivity index (χ1) is 16.0. The fourth-order valence-corrected chi connectivity index (χ4v) is 6.19. The van der Waals surface area contributed by atoms with Crippen LogP contribution in [0.2, 0.25) is 10.0 Å². The number of carbonyl (C=O) groups is 1. The lowest BCUT2D eigenvalue weighted by Crippen LogP contribution is -2.49. The van der Waals surface area contributed by atoms with Crippen molar-refractivity contribution < 1.29 is 9.53 Å². The van der Waals surface area contributed by atoms with Crippen molar-refractivity contribution in [3.05, 3.63) is 91.4 Å². The molecule has 1 amide bonds. The molecular formula is C25H21Cl2N2O2S2. The van der Waals surface area contributed by atoms with Gasteiger partial charge in [0, 0.05) is 35.1 Å². The molecule has 2 aliphatic rings. The van der Waals surface area contributed by atoms with Crippen molar-refractivity contribution in [2.24, 2.45) is 0 Å². The highest BCUT2D eigenvalue weighted by Crippen LogP contribution is 2.42. The maximum absolute atomic E-state index is 13.3. The highest BCUT2D eigenvalue weighted by atomic mass is 35.5. The van der Waals surface area contributed by atoms with Crippen LogP contribution < -0.4 is 10.2 Å². The molecule has 0 saturated carbocycles. The maximum Gasteiger partial charge on any atom is 0.259 e. The summed E-state index contributed by atoms with van der Waals surface area (Å²) < 4.78 is 5.47. The smallest absolute Gasteiger partial charge is 0.259 e. The summed E-state index contributed by atoms with van der Waals surface area (Å²) in [4.78, 5) is 16.9. The van der Waals surface area contributed by atoms with E-state index in [0.717, 1.165) is 48.0 Å². The van der Waals surface area contributed by atoms with Gasteiger partial charge in [-0.15, -0.1) is 0 Å². The zero-order valence-electron chi connectivity index (χ0n) is 17.6. The lowest BCUT2D eigenvalue weighted by Gasteiger charge is -2.38. The van der Waals surface area contributed by atoms with Gasteiger partial charge in [-0.2, -0.15) is 11.3 Å². The van der Waals surface area contributed by atoms with Crippen LogP contribution in [0.1, 0.15) is 17.5 Å². The van der Waals surface area contributed by atoms with Crippen molar-refractivity contribution in [1.82, 2.24) is 5.32 Å². The summed E-state index contributed by atoms with van der Waals surface area (Å²) in [6.45, 7) is 3.26. The topological polar surface area (TPSA) is 41.6 Å². The maximum atomic E-state index is 13.3. The van der Waals surface area contributed by atoms with Crippen molar-refractivity contribution in [1.29, 1.82) is 0 Å². The summed E-state index contributed by atoms with van der Waals surface area (Å²) in [6, 6.07) is 15.8. The van der Waals surface area contributed by atoms with E-state index in [2.05, 4.69) is 52.0 Å². The Balaban J connectivity index is 1.45. The molecule has 169 valence electrons. The number of nitrogens with one attached hydrogen (secondary N) is 1. The molecule has 1 saturated heterocycles. The number of carbonyl (C=O) groups excluding carboxylic acids is 1. The summed E-state index contributed by atoms with van der Waals surface area (Å²) in [5, 5.41) is 8.50. The Labute approximate surface area is 211 Å². The normalized spacial score (nSPS) is 21.0. The fraction of sp³-hybridized carbons (Fsp3) is 0.240. The standard InChI is InChI=1S/C25H21Cl2N2O2S2/c26-19-3-6-22(21(27)15-19)33-23-7-9-25(28-24(23)30,18-8-14-32-16-18)17-1-4-20(5-2-17)29-10-12-31-13-11-29/h1-6,8,14-16H,9-13H2,(H,28,30). The Morgan fingerprint density at radius 2 is 1.85 bits per heavy atom. The van der Waals surface area contributed by atoms with Gasteiger partial charge in [-0.1, -0.05) is 47.1 Å². The first-order valence-electron chi connectivity index (χ1n) is 10.6. The van der Waals surface area contributed by atoms with Gasteiger partial charge in [0.15, 0.2) is 0 Å². The Bertz CT molecular complexity index is 1180. The molecule has 4 nitrogen and oxygen atoms in total. The Morgan fingerprint density at radius 3 is 2.52 bits per heavy atom. The lowest BCUT2D eigenvalue weighted by atomic mass is 9.79. The number of morpholine rings is 1. The summed E-state index contributed by atoms with van der Waals surface area (Å²) in [5.41, 5.74) is 2.60. The van der Waals surface area contributed by atoms with E-state index in [1.165, 1.54) is 11.8 Å². The molecule has 5 rings (SSSR count). The number of hydrogen-bond donors (Lipinski definition) is 1. The van der Waals surface area contributed by atoms with Crippen molar-refractivity contribution in [3.63, 3.8) is 0 Å². The highest BCUT2D eigenvalue weighted by Gasteiger charge is 2.40. The van der Waals surface area contributed by atoms with Gasteiger partial charge in [0.1, 0.15) is 0 Å². The predicted molar refractivity (Wildman–Crippen MR) is 136 cm³/mol. The molecule has 0 aliphatic carbocycles. The molecule has 1 N–H and O–H groups in total. The van der Waals surface area contributed by atoms with Crippen LogP contribution in [0.25, 0.3) is 0 Å². The molecule has 1 atom stereocenters. The van der Waals surface area contributed by atoms with Crippen LogP contribution in [0.3, 0.4) is 0 Å². The van der Waals surface area contributed by atoms with Gasteiger partial charge in [-0.05, 0) is 64.4 Å². The molecule has 3 aromatic rings. The van der Waals surface area contributed by atoms with E-state index >= 15 is 0 Å². The Morgan fingerprint density at radius 1 is 1.06 bits per heavy atom. The number of hydrogen-bond acceptors (Lipinski definition) is 5. The molecule has 2 aromatic carbocycles. The van der Waals surface area contributed by atoms with Crippen molar-refractivity contribution in [3.8, 4) is 0 Å². The summed E-state index contributed by atoms with van der Waals surface area (Å²) in [5.74, 6) is -0.166.